The summed E-state index contributed by atoms with van der Waals surface area (Å²) in [7, 11) is 5.68. The highest BCUT2D eigenvalue weighted by Crippen LogP contribution is 2.48. The Kier molecular flexibility index (Phi) is 5.97. The topological polar surface area (TPSA) is 21.7 Å². The van der Waals surface area contributed by atoms with Crippen LogP contribution in [-0.2, 0) is 5.41 Å². The molecule has 0 amide bonds. The molecule has 1 heterocycles. The number of likely N-dealkylation sites (N-methyl/N-ethyl adjacent to an activating group) is 1. The van der Waals surface area contributed by atoms with Crippen LogP contribution in [0.25, 0.3) is 0 Å². The first-order chi connectivity index (χ1) is 11.5. The van der Waals surface area contributed by atoms with Gasteiger partial charge in [-0.3, -0.25) is 0 Å². The van der Waals surface area contributed by atoms with E-state index in [-0.39, 0.29) is 5.41 Å². The first kappa shape index (κ1) is 18.9. The van der Waals surface area contributed by atoms with E-state index in [1.54, 1.807) is 14.2 Å². The molecule has 134 valence electrons. The summed E-state index contributed by atoms with van der Waals surface area (Å²) >= 11 is 0. The standard InChI is InChI=1S/C19H27NO2.C2H6/c1-13-6-7-19(8-9-20(3)17(19)10-13)15-11-14(2)18(22-5)16(12-15)21-4;1-2/h6-7,11-13,17H,8-10H2,1-5H3;1-2H3/t13-,17+,19+;/m1./s1. The maximum atomic E-state index is 5.58. The van der Waals surface area contributed by atoms with Crippen LogP contribution in [0, 0.1) is 12.8 Å². The number of nitrogens with zero attached hydrogens (tertiary/aromatic N) is 1. The van der Waals surface area contributed by atoms with Gasteiger partial charge in [-0.25, -0.2) is 0 Å². The van der Waals surface area contributed by atoms with E-state index >= 15 is 0 Å². The maximum Gasteiger partial charge on any atom is 0.163 e. The molecule has 0 radical (unpaired) electrons. The summed E-state index contributed by atoms with van der Waals surface area (Å²) in [5, 5.41) is 0. The molecule has 3 heteroatoms. The average Bonchev–Trinajstić information content (AvgIpc) is 2.93. The summed E-state index contributed by atoms with van der Waals surface area (Å²) in [6.07, 6.45) is 7.24. The Hall–Kier alpha value is -1.48. The second-order valence-electron chi connectivity index (χ2n) is 6.89. The molecule has 1 aromatic carbocycles. The number of aryl methyl sites for hydroxylation is 1. The van der Waals surface area contributed by atoms with Crippen LogP contribution in [0.3, 0.4) is 0 Å². The minimum Gasteiger partial charge on any atom is -0.493 e. The molecule has 0 unspecified atom stereocenters. The quantitative estimate of drug-likeness (QED) is 0.757. The minimum atomic E-state index is 0.117. The zero-order chi connectivity index (χ0) is 17.9. The lowest BCUT2D eigenvalue weighted by atomic mass is 9.68. The van der Waals surface area contributed by atoms with Crippen LogP contribution in [0.5, 0.6) is 11.5 Å². The summed E-state index contributed by atoms with van der Waals surface area (Å²) < 4.78 is 11.1. The lowest BCUT2D eigenvalue weighted by molar-refractivity contribution is 0.228. The Morgan fingerprint density at radius 1 is 1.17 bits per heavy atom. The summed E-state index contributed by atoms with van der Waals surface area (Å²) in [5.74, 6) is 2.34. The molecule has 0 N–H and O–H groups in total. The lowest BCUT2D eigenvalue weighted by Crippen LogP contribution is -2.43. The average molecular weight is 332 g/mol. The van der Waals surface area contributed by atoms with E-state index in [4.69, 9.17) is 9.47 Å². The van der Waals surface area contributed by atoms with Gasteiger partial charge in [-0.05, 0) is 56.5 Å². The van der Waals surface area contributed by atoms with Crippen molar-refractivity contribution in [1.82, 2.24) is 4.90 Å². The third kappa shape index (κ3) is 3.06. The summed E-state index contributed by atoms with van der Waals surface area (Å²) in [5.41, 5.74) is 2.62. The Bertz CT molecular complexity index is 596. The first-order valence-electron chi connectivity index (χ1n) is 9.14. The Morgan fingerprint density at radius 2 is 1.88 bits per heavy atom. The zero-order valence-electron chi connectivity index (χ0n) is 16.3. The molecule has 1 aromatic rings. The van der Waals surface area contributed by atoms with Gasteiger partial charge in [0.1, 0.15) is 0 Å². The molecule has 0 bridgehead atoms. The largest absolute Gasteiger partial charge is 0.493 e. The third-order valence-electron chi connectivity index (χ3n) is 5.52. The molecule has 2 aliphatic rings. The van der Waals surface area contributed by atoms with Crippen LogP contribution in [-0.4, -0.2) is 38.8 Å². The SMILES string of the molecule is CC.COc1cc([C@@]23C=C[C@@H](C)C[C@@H]2N(C)CC3)cc(C)c1OC. The minimum absolute atomic E-state index is 0.117. The molecule has 1 aliphatic carbocycles. The van der Waals surface area contributed by atoms with E-state index in [9.17, 15) is 0 Å². The van der Waals surface area contributed by atoms with E-state index in [0.29, 0.717) is 12.0 Å². The number of fused-ring (bicyclic) bond motifs is 1. The number of ether oxygens (including phenoxy) is 2. The molecule has 0 aromatic heterocycles. The number of allylic oxidation sites excluding steroid dienone is 1. The van der Waals surface area contributed by atoms with Crippen molar-refractivity contribution in [2.75, 3.05) is 27.8 Å². The van der Waals surface area contributed by atoms with Gasteiger partial charge in [0.15, 0.2) is 11.5 Å². The van der Waals surface area contributed by atoms with Gasteiger partial charge < -0.3 is 14.4 Å². The summed E-state index contributed by atoms with van der Waals surface area (Å²) in [6.45, 7) is 9.56. The van der Waals surface area contributed by atoms with E-state index in [1.165, 1.54) is 18.4 Å². The van der Waals surface area contributed by atoms with Gasteiger partial charge in [0.05, 0.1) is 14.2 Å². The molecular weight excluding hydrogens is 298 g/mol. The second-order valence-corrected chi connectivity index (χ2v) is 6.89. The monoisotopic (exact) mass is 331 g/mol. The molecule has 3 atom stereocenters. The van der Waals surface area contributed by atoms with Gasteiger partial charge in [-0.1, -0.05) is 39.0 Å². The fraction of sp³-hybridized carbons (Fsp3) is 0.619. The Labute approximate surface area is 147 Å². The molecule has 3 rings (SSSR count). The fourth-order valence-corrected chi connectivity index (χ4v) is 4.28. The molecule has 1 saturated heterocycles. The normalized spacial score (nSPS) is 28.8. The van der Waals surface area contributed by atoms with Crippen LogP contribution >= 0.6 is 0 Å². The van der Waals surface area contributed by atoms with E-state index in [0.717, 1.165) is 23.6 Å². The van der Waals surface area contributed by atoms with Gasteiger partial charge in [0.2, 0.25) is 0 Å². The number of benzene rings is 1. The fourth-order valence-electron chi connectivity index (χ4n) is 4.28. The summed E-state index contributed by atoms with van der Waals surface area (Å²) in [6, 6.07) is 5.04. The highest BCUT2D eigenvalue weighted by Gasteiger charge is 2.47. The van der Waals surface area contributed by atoms with Crippen molar-refractivity contribution in [2.45, 2.75) is 52.0 Å². The predicted octanol–water partition coefficient (Wildman–Crippen LogP) is 4.58. The highest BCUT2D eigenvalue weighted by molar-refractivity contribution is 5.53. The molecule has 3 nitrogen and oxygen atoms in total. The molecule has 24 heavy (non-hydrogen) atoms. The number of hydrogen-bond acceptors (Lipinski definition) is 3. The van der Waals surface area contributed by atoms with Crippen LogP contribution in [0.15, 0.2) is 24.3 Å². The Balaban J connectivity index is 0.00000100. The second kappa shape index (κ2) is 7.60. The highest BCUT2D eigenvalue weighted by atomic mass is 16.5. The predicted molar refractivity (Wildman–Crippen MR) is 101 cm³/mol. The van der Waals surface area contributed by atoms with Gasteiger partial charge >= 0.3 is 0 Å². The van der Waals surface area contributed by atoms with Crippen molar-refractivity contribution in [2.24, 2.45) is 5.92 Å². The van der Waals surface area contributed by atoms with Gasteiger partial charge in [0, 0.05) is 11.5 Å². The van der Waals surface area contributed by atoms with Gasteiger partial charge in [0.25, 0.3) is 0 Å². The van der Waals surface area contributed by atoms with Crippen molar-refractivity contribution in [1.29, 1.82) is 0 Å². The molecule has 0 spiro atoms. The van der Waals surface area contributed by atoms with Crippen LogP contribution in [0.4, 0.5) is 0 Å². The van der Waals surface area contributed by atoms with Crippen molar-refractivity contribution in [3.05, 3.63) is 35.4 Å². The number of rotatable bonds is 3. The third-order valence-corrected chi connectivity index (χ3v) is 5.52. The number of likely N-dealkylation sites (tertiary alicyclic amines) is 1. The van der Waals surface area contributed by atoms with Crippen molar-refractivity contribution in [3.63, 3.8) is 0 Å². The van der Waals surface area contributed by atoms with E-state index in [1.807, 2.05) is 13.8 Å². The zero-order valence-corrected chi connectivity index (χ0v) is 16.3. The van der Waals surface area contributed by atoms with Crippen LogP contribution < -0.4 is 9.47 Å². The summed E-state index contributed by atoms with van der Waals surface area (Å²) in [4.78, 5) is 2.52. The van der Waals surface area contributed by atoms with Gasteiger partial charge in [-0.15, -0.1) is 0 Å². The Morgan fingerprint density at radius 3 is 2.50 bits per heavy atom. The maximum absolute atomic E-state index is 5.58. The van der Waals surface area contributed by atoms with E-state index in [2.05, 4.69) is 50.1 Å². The molecule has 1 fully saturated rings. The number of methoxy groups -OCH3 is 2. The molecule has 0 saturated carbocycles. The van der Waals surface area contributed by atoms with Crippen molar-refractivity contribution < 1.29 is 9.47 Å². The lowest BCUT2D eigenvalue weighted by Gasteiger charge is -2.40. The number of hydrogen-bond donors (Lipinski definition) is 0. The van der Waals surface area contributed by atoms with Crippen molar-refractivity contribution in [3.8, 4) is 11.5 Å². The van der Waals surface area contributed by atoms with Gasteiger partial charge in [-0.2, -0.15) is 0 Å². The smallest absolute Gasteiger partial charge is 0.163 e. The molecular formula is C21H33NO2. The first-order valence-corrected chi connectivity index (χ1v) is 9.14. The van der Waals surface area contributed by atoms with E-state index < -0.39 is 0 Å². The molecule has 1 aliphatic heterocycles. The van der Waals surface area contributed by atoms with Crippen molar-refractivity contribution >= 4 is 0 Å². The van der Waals surface area contributed by atoms with Crippen LogP contribution in [0.2, 0.25) is 0 Å². The van der Waals surface area contributed by atoms with Crippen LogP contribution in [0.1, 0.15) is 44.7 Å².